The summed E-state index contributed by atoms with van der Waals surface area (Å²) in [4.78, 5) is 34.7. The molecule has 6 heteroatoms. The minimum Gasteiger partial charge on any atom is -0.457 e. The van der Waals surface area contributed by atoms with E-state index in [4.69, 9.17) is 16.3 Å². The first-order chi connectivity index (χ1) is 11.5. The summed E-state index contributed by atoms with van der Waals surface area (Å²) in [5.41, 5.74) is 1.64. The highest BCUT2D eigenvalue weighted by Crippen LogP contribution is 2.16. The molecule has 2 aromatic rings. The van der Waals surface area contributed by atoms with Crippen molar-refractivity contribution in [3.8, 4) is 0 Å². The predicted molar refractivity (Wildman–Crippen MR) is 91.2 cm³/mol. The normalized spacial score (nSPS) is 10.1. The van der Waals surface area contributed by atoms with Crippen molar-refractivity contribution in [1.29, 1.82) is 0 Å². The first-order valence-corrected chi connectivity index (χ1v) is 7.63. The SMILES string of the molecule is CC(=O)Nc1ccc(C(=O)COC(=O)Cc2ccccc2Cl)cc1. The molecular weight excluding hydrogens is 330 g/mol. The van der Waals surface area contributed by atoms with Crippen LogP contribution in [-0.2, 0) is 20.7 Å². The van der Waals surface area contributed by atoms with E-state index in [1.165, 1.54) is 6.92 Å². The zero-order valence-electron chi connectivity index (χ0n) is 13.0. The van der Waals surface area contributed by atoms with Gasteiger partial charge in [-0.3, -0.25) is 14.4 Å². The van der Waals surface area contributed by atoms with Gasteiger partial charge in [0.1, 0.15) is 0 Å². The van der Waals surface area contributed by atoms with Crippen LogP contribution in [0.25, 0.3) is 0 Å². The molecule has 0 spiro atoms. The highest BCUT2D eigenvalue weighted by atomic mass is 35.5. The lowest BCUT2D eigenvalue weighted by atomic mass is 10.1. The van der Waals surface area contributed by atoms with Crippen molar-refractivity contribution >= 4 is 34.9 Å². The van der Waals surface area contributed by atoms with Crippen LogP contribution in [0.1, 0.15) is 22.8 Å². The Kier molecular flexibility index (Phi) is 6.09. The average Bonchev–Trinajstić information content (AvgIpc) is 2.55. The van der Waals surface area contributed by atoms with Gasteiger partial charge in [-0.2, -0.15) is 0 Å². The van der Waals surface area contributed by atoms with Crippen LogP contribution >= 0.6 is 11.6 Å². The van der Waals surface area contributed by atoms with Gasteiger partial charge in [0.2, 0.25) is 5.91 Å². The monoisotopic (exact) mass is 345 g/mol. The van der Waals surface area contributed by atoms with E-state index in [1.807, 2.05) is 0 Å². The number of halogens is 1. The number of ketones is 1. The van der Waals surface area contributed by atoms with Crippen molar-refractivity contribution in [3.05, 3.63) is 64.7 Å². The van der Waals surface area contributed by atoms with E-state index in [1.54, 1.807) is 48.5 Å². The number of rotatable bonds is 6. The molecule has 0 aliphatic carbocycles. The summed E-state index contributed by atoms with van der Waals surface area (Å²) in [6.07, 6.45) is 0.00836. The molecule has 0 bridgehead atoms. The molecule has 124 valence electrons. The first kappa shape index (κ1) is 17.7. The van der Waals surface area contributed by atoms with E-state index in [2.05, 4.69) is 5.32 Å². The lowest BCUT2D eigenvalue weighted by molar-refractivity contribution is -0.141. The van der Waals surface area contributed by atoms with Crippen molar-refractivity contribution in [2.75, 3.05) is 11.9 Å². The highest BCUT2D eigenvalue weighted by Gasteiger charge is 2.12. The maximum atomic E-state index is 12.0. The molecular formula is C18H16ClNO4. The molecule has 0 unspecified atom stereocenters. The number of Topliss-reactive ketones (excluding diaryl/α,β-unsaturated/α-hetero) is 1. The van der Waals surface area contributed by atoms with Crippen molar-refractivity contribution < 1.29 is 19.1 Å². The Balaban J connectivity index is 1.87. The van der Waals surface area contributed by atoms with Crippen LogP contribution in [0.2, 0.25) is 5.02 Å². The summed E-state index contributed by atoms with van der Waals surface area (Å²) in [5.74, 6) is -1.04. The number of esters is 1. The van der Waals surface area contributed by atoms with E-state index in [9.17, 15) is 14.4 Å². The smallest absolute Gasteiger partial charge is 0.310 e. The molecule has 0 saturated carbocycles. The minimum atomic E-state index is -0.522. The third-order valence-electron chi connectivity index (χ3n) is 3.18. The third-order valence-corrected chi connectivity index (χ3v) is 3.55. The van der Waals surface area contributed by atoms with Crippen LogP contribution in [0, 0.1) is 0 Å². The highest BCUT2D eigenvalue weighted by molar-refractivity contribution is 6.31. The van der Waals surface area contributed by atoms with Crippen LogP contribution in [-0.4, -0.2) is 24.3 Å². The number of ether oxygens (including phenoxy) is 1. The van der Waals surface area contributed by atoms with Crippen molar-refractivity contribution in [2.24, 2.45) is 0 Å². The number of carbonyl (C=O) groups excluding carboxylic acids is 3. The molecule has 0 aromatic heterocycles. The van der Waals surface area contributed by atoms with Gasteiger partial charge in [-0.05, 0) is 35.9 Å². The molecule has 0 saturated heterocycles. The van der Waals surface area contributed by atoms with Gasteiger partial charge in [-0.25, -0.2) is 0 Å². The number of nitrogens with one attached hydrogen (secondary N) is 1. The van der Waals surface area contributed by atoms with Crippen LogP contribution in [0.5, 0.6) is 0 Å². The lowest BCUT2D eigenvalue weighted by Crippen LogP contribution is -2.16. The minimum absolute atomic E-state index is 0.00836. The summed E-state index contributed by atoms with van der Waals surface area (Å²) in [7, 11) is 0. The Morgan fingerprint density at radius 2 is 1.71 bits per heavy atom. The largest absolute Gasteiger partial charge is 0.457 e. The quantitative estimate of drug-likeness (QED) is 0.644. The summed E-state index contributed by atoms with van der Waals surface area (Å²) in [6.45, 7) is 1.06. The molecule has 1 N–H and O–H groups in total. The van der Waals surface area contributed by atoms with E-state index in [0.29, 0.717) is 21.8 Å². The van der Waals surface area contributed by atoms with Gasteiger partial charge in [0.25, 0.3) is 0 Å². The van der Waals surface area contributed by atoms with Crippen LogP contribution in [0.3, 0.4) is 0 Å². The Morgan fingerprint density at radius 3 is 2.33 bits per heavy atom. The molecule has 2 rings (SSSR count). The van der Waals surface area contributed by atoms with Gasteiger partial charge >= 0.3 is 5.97 Å². The molecule has 24 heavy (non-hydrogen) atoms. The predicted octanol–water partition coefficient (Wildman–Crippen LogP) is 3.27. The zero-order chi connectivity index (χ0) is 17.5. The van der Waals surface area contributed by atoms with Crippen LogP contribution in [0.15, 0.2) is 48.5 Å². The van der Waals surface area contributed by atoms with E-state index in [0.717, 1.165) is 0 Å². The molecule has 0 aliphatic heterocycles. The number of hydrogen-bond donors (Lipinski definition) is 1. The van der Waals surface area contributed by atoms with E-state index < -0.39 is 5.97 Å². The number of anilines is 1. The Morgan fingerprint density at radius 1 is 1.04 bits per heavy atom. The number of benzene rings is 2. The Labute approximate surface area is 144 Å². The van der Waals surface area contributed by atoms with Crippen LogP contribution in [0.4, 0.5) is 5.69 Å². The molecule has 0 atom stereocenters. The van der Waals surface area contributed by atoms with Gasteiger partial charge < -0.3 is 10.1 Å². The molecule has 1 amide bonds. The third kappa shape index (κ3) is 5.21. The number of hydrogen-bond acceptors (Lipinski definition) is 4. The van der Waals surface area contributed by atoms with Gasteiger partial charge in [-0.15, -0.1) is 0 Å². The molecule has 0 fully saturated rings. The molecule has 0 heterocycles. The van der Waals surface area contributed by atoms with E-state index >= 15 is 0 Å². The summed E-state index contributed by atoms with van der Waals surface area (Å²) >= 11 is 5.97. The topological polar surface area (TPSA) is 72.5 Å². The molecule has 0 radical (unpaired) electrons. The van der Waals surface area contributed by atoms with Crippen molar-refractivity contribution in [2.45, 2.75) is 13.3 Å². The van der Waals surface area contributed by atoms with Gasteiger partial charge in [0.15, 0.2) is 12.4 Å². The van der Waals surface area contributed by atoms with Gasteiger partial charge in [0.05, 0.1) is 6.42 Å². The number of amides is 1. The lowest BCUT2D eigenvalue weighted by Gasteiger charge is -2.07. The fraction of sp³-hybridized carbons (Fsp3) is 0.167. The summed E-state index contributed by atoms with van der Waals surface area (Å²) in [6, 6.07) is 13.3. The van der Waals surface area contributed by atoms with Crippen molar-refractivity contribution in [3.63, 3.8) is 0 Å². The zero-order valence-corrected chi connectivity index (χ0v) is 13.8. The average molecular weight is 346 g/mol. The number of carbonyl (C=O) groups is 3. The van der Waals surface area contributed by atoms with Crippen LogP contribution < -0.4 is 5.32 Å². The maximum Gasteiger partial charge on any atom is 0.310 e. The fourth-order valence-electron chi connectivity index (χ4n) is 2.02. The van der Waals surface area contributed by atoms with Gasteiger partial charge in [0, 0.05) is 23.2 Å². The second-order valence-electron chi connectivity index (χ2n) is 5.11. The second-order valence-corrected chi connectivity index (χ2v) is 5.52. The second kappa shape index (κ2) is 8.26. The maximum absolute atomic E-state index is 12.0. The first-order valence-electron chi connectivity index (χ1n) is 7.25. The van der Waals surface area contributed by atoms with Gasteiger partial charge in [-0.1, -0.05) is 29.8 Å². The molecule has 0 aliphatic rings. The Hall–Kier alpha value is -2.66. The molecule has 5 nitrogen and oxygen atoms in total. The molecule has 2 aromatic carbocycles. The summed E-state index contributed by atoms with van der Waals surface area (Å²) < 4.78 is 5.00. The standard InChI is InChI=1S/C18H16ClNO4/c1-12(21)20-15-8-6-13(7-9-15)17(22)11-24-18(23)10-14-4-2-3-5-16(14)19/h2-9H,10-11H2,1H3,(H,20,21). The Bertz CT molecular complexity index is 756. The van der Waals surface area contributed by atoms with E-state index in [-0.39, 0.29) is 24.7 Å². The fourth-order valence-corrected chi connectivity index (χ4v) is 2.22. The van der Waals surface area contributed by atoms with Crippen molar-refractivity contribution in [1.82, 2.24) is 0 Å². The summed E-state index contributed by atoms with van der Waals surface area (Å²) in [5, 5.41) is 3.09.